The zero-order chi connectivity index (χ0) is 20.6. The van der Waals surface area contributed by atoms with Crippen LogP contribution in [0.15, 0.2) is 53.4 Å². The third kappa shape index (κ3) is 3.89. The first-order valence-corrected chi connectivity index (χ1v) is 11.3. The molecule has 3 atom stereocenters. The smallest absolute Gasteiger partial charge is 0.243 e. The first-order valence-electron chi connectivity index (χ1n) is 9.86. The second-order valence-electron chi connectivity index (χ2n) is 7.96. The Morgan fingerprint density at radius 2 is 1.86 bits per heavy atom. The first-order chi connectivity index (χ1) is 13.9. The van der Waals surface area contributed by atoms with Gasteiger partial charge in [0.05, 0.1) is 18.4 Å². The lowest BCUT2D eigenvalue weighted by molar-refractivity contribution is -0.122. The Kier molecular flexibility index (Phi) is 5.36. The van der Waals surface area contributed by atoms with Crippen LogP contribution in [0.1, 0.15) is 17.5 Å². The van der Waals surface area contributed by atoms with E-state index in [1.54, 1.807) is 23.5 Å². The summed E-state index contributed by atoms with van der Waals surface area (Å²) in [6.45, 7) is 2.92. The van der Waals surface area contributed by atoms with Crippen LogP contribution >= 0.6 is 0 Å². The van der Waals surface area contributed by atoms with Crippen molar-refractivity contribution in [3.63, 3.8) is 0 Å². The summed E-state index contributed by atoms with van der Waals surface area (Å²) >= 11 is 0. The Morgan fingerprint density at radius 1 is 1.14 bits per heavy atom. The van der Waals surface area contributed by atoms with Gasteiger partial charge in [-0.05, 0) is 43.4 Å². The van der Waals surface area contributed by atoms with Crippen LogP contribution < -0.4 is 10.1 Å². The van der Waals surface area contributed by atoms with Gasteiger partial charge in [0.15, 0.2) is 0 Å². The molecule has 7 heteroatoms. The molecular weight excluding hydrogens is 388 g/mol. The summed E-state index contributed by atoms with van der Waals surface area (Å²) in [6, 6.07) is 14.5. The van der Waals surface area contributed by atoms with Gasteiger partial charge in [0, 0.05) is 24.7 Å². The normalized spacial score (nSPS) is 23.9. The fourth-order valence-electron chi connectivity index (χ4n) is 4.37. The fourth-order valence-corrected chi connectivity index (χ4v) is 5.90. The summed E-state index contributed by atoms with van der Waals surface area (Å²) in [5, 5.41) is 3.09. The number of methoxy groups -OCH3 is 1. The molecule has 1 heterocycles. The SMILES string of the molecule is COc1ccccc1CC(=O)N[C@H]1C[C@@H]2CN(S(=O)(=O)c3ccc(C)cc3)C[C@@H]21. The molecule has 2 aromatic carbocycles. The van der Waals surface area contributed by atoms with Gasteiger partial charge < -0.3 is 10.1 Å². The summed E-state index contributed by atoms with van der Waals surface area (Å²) in [4.78, 5) is 12.8. The Bertz CT molecular complexity index is 1000. The highest BCUT2D eigenvalue weighted by Gasteiger charge is 2.50. The Labute approximate surface area is 171 Å². The van der Waals surface area contributed by atoms with Crippen molar-refractivity contribution in [2.75, 3.05) is 20.2 Å². The monoisotopic (exact) mass is 414 g/mol. The number of sulfonamides is 1. The van der Waals surface area contributed by atoms with Crippen LogP contribution in [0.3, 0.4) is 0 Å². The zero-order valence-corrected chi connectivity index (χ0v) is 17.5. The van der Waals surface area contributed by atoms with Gasteiger partial charge in [-0.3, -0.25) is 4.79 Å². The van der Waals surface area contributed by atoms with E-state index in [1.807, 2.05) is 43.3 Å². The van der Waals surface area contributed by atoms with Gasteiger partial charge in [-0.2, -0.15) is 4.31 Å². The molecule has 0 radical (unpaired) electrons. The number of carbonyl (C=O) groups excluding carboxylic acids is 1. The minimum atomic E-state index is -3.49. The number of nitrogens with zero attached hydrogens (tertiary/aromatic N) is 1. The number of fused-ring (bicyclic) bond motifs is 1. The van der Waals surface area contributed by atoms with Gasteiger partial charge in [0.1, 0.15) is 5.75 Å². The van der Waals surface area contributed by atoms with E-state index in [2.05, 4.69) is 5.32 Å². The topological polar surface area (TPSA) is 75.7 Å². The summed E-state index contributed by atoms with van der Waals surface area (Å²) < 4.78 is 32.7. The maximum atomic E-state index is 12.9. The molecule has 1 aliphatic heterocycles. The Morgan fingerprint density at radius 3 is 2.59 bits per heavy atom. The molecule has 0 bridgehead atoms. The average Bonchev–Trinajstić information content (AvgIpc) is 3.04. The number of benzene rings is 2. The molecule has 1 saturated carbocycles. The predicted molar refractivity (Wildman–Crippen MR) is 110 cm³/mol. The number of rotatable bonds is 6. The second kappa shape index (κ2) is 7.80. The van der Waals surface area contributed by atoms with Crippen LogP contribution in [0.2, 0.25) is 0 Å². The number of carbonyl (C=O) groups is 1. The number of hydrogen-bond donors (Lipinski definition) is 1. The highest BCUT2D eigenvalue weighted by atomic mass is 32.2. The molecule has 2 fully saturated rings. The number of ether oxygens (including phenoxy) is 1. The fraction of sp³-hybridized carbons (Fsp3) is 0.409. The van der Waals surface area contributed by atoms with Gasteiger partial charge in [0.2, 0.25) is 15.9 Å². The summed E-state index contributed by atoms with van der Waals surface area (Å²) in [5.74, 6) is 1.13. The molecule has 29 heavy (non-hydrogen) atoms. The van der Waals surface area contributed by atoms with E-state index in [0.717, 1.165) is 17.5 Å². The van der Waals surface area contributed by atoms with Crippen LogP contribution in [-0.2, 0) is 21.2 Å². The van der Waals surface area contributed by atoms with Crippen LogP contribution in [-0.4, -0.2) is 44.9 Å². The molecule has 154 valence electrons. The van der Waals surface area contributed by atoms with Crippen LogP contribution in [0.5, 0.6) is 5.75 Å². The standard InChI is InChI=1S/C22H26N2O4S/c1-15-7-9-18(10-8-15)29(26,27)24-13-17-11-20(19(17)14-24)23-22(25)12-16-5-3-4-6-21(16)28-2/h3-10,17,19-20H,11-14H2,1-2H3,(H,23,25)/t17-,19+,20+/m1/s1. The van der Waals surface area contributed by atoms with Gasteiger partial charge >= 0.3 is 0 Å². The van der Waals surface area contributed by atoms with Crippen molar-refractivity contribution in [1.82, 2.24) is 9.62 Å². The highest BCUT2D eigenvalue weighted by Crippen LogP contribution is 2.42. The summed E-state index contributed by atoms with van der Waals surface area (Å²) in [7, 11) is -1.89. The minimum Gasteiger partial charge on any atom is -0.496 e. The van der Waals surface area contributed by atoms with Crippen molar-refractivity contribution in [3.05, 3.63) is 59.7 Å². The van der Waals surface area contributed by atoms with E-state index in [1.165, 1.54) is 0 Å². The van der Waals surface area contributed by atoms with Crippen LogP contribution in [0.4, 0.5) is 0 Å². The molecular formula is C22H26N2O4S. The zero-order valence-electron chi connectivity index (χ0n) is 16.7. The summed E-state index contributed by atoms with van der Waals surface area (Å²) in [5.41, 5.74) is 1.88. The molecule has 0 spiro atoms. The lowest BCUT2D eigenvalue weighted by Gasteiger charge is -2.39. The van der Waals surface area contributed by atoms with E-state index in [4.69, 9.17) is 4.74 Å². The lowest BCUT2D eigenvalue weighted by atomic mass is 9.71. The molecule has 1 saturated heterocycles. The third-order valence-corrected chi connectivity index (χ3v) is 7.93. The van der Waals surface area contributed by atoms with Gasteiger partial charge in [-0.1, -0.05) is 35.9 Å². The molecule has 1 aliphatic carbocycles. The largest absolute Gasteiger partial charge is 0.496 e. The average molecular weight is 415 g/mol. The highest BCUT2D eigenvalue weighted by molar-refractivity contribution is 7.89. The van der Waals surface area contributed by atoms with E-state index >= 15 is 0 Å². The number of hydrogen-bond acceptors (Lipinski definition) is 4. The molecule has 4 rings (SSSR count). The van der Waals surface area contributed by atoms with E-state index in [9.17, 15) is 13.2 Å². The number of amides is 1. The molecule has 1 N–H and O–H groups in total. The quantitative estimate of drug-likeness (QED) is 0.787. The maximum Gasteiger partial charge on any atom is 0.243 e. The molecule has 6 nitrogen and oxygen atoms in total. The van der Waals surface area contributed by atoms with E-state index in [0.29, 0.717) is 29.7 Å². The van der Waals surface area contributed by atoms with E-state index in [-0.39, 0.29) is 24.3 Å². The van der Waals surface area contributed by atoms with Crippen molar-refractivity contribution >= 4 is 15.9 Å². The predicted octanol–water partition coefficient (Wildman–Crippen LogP) is 2.37. The molecule has 0 unspecified atom stereocenters. The van der Waals surface area contributed by atoms with Crippen molar-refractivity contribution in [3.8, 4) is 5.75 Å². The minimum absolute atomic E-state index is 0.0282. The van der Waals surface area contributed by atoms with Crippen molar-refractivity contribution in [2.24, 2.45) is 11.8 Å². The Hall–Kier alpha value is -2.38. The second-order valence-corrected chi connectivity index (χ2v) is 9.90. The van der Waals surface area contributed by atoms with Crippen LogP contribution in [0.25, 0.3) is 0 Å². The maximum absolute atomic E-state index is 12.9. The van der Waals surface area contributed by atoms with Crippen LogP contribution in [0, 0.1) is 18.8 Å². The third-order valence-electron chi connectivity index (χ3n) is 6.08. The number of para-hydroxylation sites is 1. The Balaban J connectivity index is 1.37. The lowest BCUT2D eigenvalue weighted by Crippen LogP contribution is -2.52. The van der Waals surface area contributed by atoms with Crippen molar-refractivity contribution < 1.29 is 17.9 Å². The molecule has 2 aromatic rings. The van der Waals surface area contributed by atoms with Gasteiger partial charge in [-0.15, -0.1) is 0 Å². The first kappa shape index (κ1) is 19.9. The van der Waals surface area contributed by atoms with Crippen molar-refractivity contribution in [2.45, 2.75) is 30.7 Å². The molecule has 1 amide bonds. The number of aryl methyl sites for hydroxylation is 1. The molecule has 0 aromatic heterocycles. The van der Waals surface area contributed by atoms with Gasteiger partial charge in [0.25, 0.3) is 0 Å². The summed E-state index contributed by atoms with van der Waals surface area (Å²) in [6.07, 6.45) is 1.07. The van der Waals surface area contributed by atoms with Crippen molar-refractivity contribution in [1.29, 1.82) is 0 Å². The number of nitrogens with one attached hydrogen (secondary N) is 1. The van der Waals surface area contributed by atoms with E-state index < -0.39 is 10.0 Å². The molecule has 2 aliphatic rings. The van der Waals surface area contributed by atoms with Gasteiger partial charge in [-0.25, -0.2) is 8.42 Å².